The smallest absolute Gasteiger partial charge is 0.342 e. The van der Waals surface area contributed by atoms with Gasteiger partial charge in [-0.3, -0.25) is 4.79 Å². The van der Waals surface area contributed by atoms with Gasteiger partial charge < -0.3 is 14.6 Å². The van der Waals surface area contributed by atoms with Crippen LogP contribution in [-0.4, -0.2) is 54.7 Å². The third-order valence-corrected chi connectivity index (χ3v) is 6.67. The van der Waals surface area contributed by atoms with Crippen LogP contribution in [0, 0.1) is 0 Å². The average molecular weight is 550 g/mol. The van der Waals surface area contributed by atoms with Crippen molar-refractivity contribution in [1.29, 1.82) is 0 Å². The number of aromatic nitrogens is 2. The molecule has 4 aromatic rings. The van der Waals surface area contributed by atoms with Crippen molar-refractivity contribution in [3.63, 3.8) is 0 Å². The van der Waals surface area contributed by atoms with Gasteiger partial charge in [0.1, 0.15) is 17.0 Å². The first-order valence-electron chi connectivity index (χ1n) is 11.5. The number of nitrogens with zero attached hydrogens (tertiary/aromatic N) is 2. The summed E-state index contributed by atoms with van der Waals surface area (Å²) in [5, 5.41) is 18.7. The van der Waals surface area contributed by atoms with Gasteiger partial charge in [0, 0.05) is 23.7 Å². The van der Waals surface area contributed by atoms with Gasteiger partial charge in [0.2, 0.25) is 10.0 Å². The van der Waals surface area contributed by atoms with Crippen molar-refractivity contribution < 1.29 is 37.4 Å². The molecule has 0 aliphatic carbocycles. The number of hydrogen-bond donors (Lipinski definition) is 2. The normalized spacial score (nSPS) is 11.1. The Morgan fingerprint density at radius 3 is 2.10 bits per heavy atom. The van der Waals surface area contributed by atoms with Crippen molar-refractivity contribution >= 4 is 27.7 Å². The Bertz CT molecular complexity index is 1630. The van der Waals surface area contributed by atoms with Crippen LogP contribution < -0.4 is 9.88 Å². The summed E-state index contributed by atoms with van der Waals surface area (Å²) in [7, 11) is -2.35. The SMILES string of the molecule is COc1ccc(-c2nn(-c3ccc(S(N)(=O)=O)cc3)cc2C(=O)OCCC(=O)c2ccc(C(=O)O)cc2)cc1. The Morgan fingerprint density at radius 1 is 0.923 bits per heavy atom. The zero-order valence-corrected chi connectivity index (χ0v) is 21.4. The molecule has 0 aliphatic rings. The summed E-state index contributed by atoms with van der Waals surface area (Å²) >= 11 is 0. The zero-order chi connectivity index (χ0) is 28.2. The highest BCUT2D eigenvalue weighted by Crippen LogP contribution is 2.27. The van der Waals surface area contributed by atoms with Gasteiger partial charge in [-0.2, -0.15) is 5.10 Å². The topological polar surface area (TPSA) is 168 Å². The predicted molar refractivity (Wildman–Crippen MR) is 140 cm³/mol. The molecule has 3 aromatic carbocycles. The molecule has 12 heteroatoms. The molecule has 0 aliphatic heterocycles. The van der Waals surface area contributed by atoms with E-state index in [9.17, 15) is 22.8 Å². The minimum Gasteiger partial charge on any atom is -0.497 e. The van der Waals surface area contributed by atoms with Crippen LogP contribution in [-0.2, 0) is 14.8 Å². The number of benzene rings is 3. The maximum Gasteiger partial charge on any atom is 0.342 e. The van der Waals surface area contributed by atoms with Gasteiger partial charge >= 0.3 is 11.9 Å². The van der Waals surface area contributed by atoms with E-state index in [0.717, 1.165) is 0 Å². The second-order valence-corrected chi connectivity index (χ2v) is 9.86. The fourth-order valence-electron chi connectivity index (χ4n) is 3.66. The standard InChI is InChI=1S/C27H23N3O8S/c1-37-21-10-6-18(7-11-21)25-23(16-30(29-25)20-8-12-22(13-9-20)39(28,35)36)27(34)38-15-14-24(31)17-2-4-19(5-3-17)26(32)33/h2-13,16H,14-15H2,1H3,(H,32,33)(H2,28,35,36). The van der Waals surface area contributed by atoms with Crippen molar-refractivity contribution in [2.24, 2.45) is 5.14 Å². The summed E-state index contributed by atoms with van der Waals surface area (Å²) in [6.45, 7) is -0.214. The quantitative estimate of drug-likeness (QED) is 0.223. The van der Waals surface area contributed by atoms with Crippen LogP contribution in [0.5, 0.6) is 5.75 Å². The minimum absolute atomic E-state index is 0.0559. The van der Waals surface area contributed by atoms with Gasteiger partial charge in [-0.15, -0.1) is 0 Å². The number of carbonyl (C=O) groups is 3. The van der Waals surface area contributed by atoms with Crippen LogP contribution >= 0.6 is 0 Å². The van der Waals surface area contributed by atoms with E-state index in [0.29, 0.717) is 28.3 Å². The van der Waals surface area contributed by atoms with E-state index >= 15 is 0 Å². The maximum atomic E-state index is 13.1. The van der Waals surface area contributed by atoms with E-state index in [1.165, 1.54) is 66.5 Å². The highest BCUT2D eigenvalue weighted by Gasteiger charge is 2.21. The molecule has 0 unspecified atom stereocenters. The second kappa shape index (κ2) is 11.3. The molecule has 4 rings (SSSR count). The molecule has 0 atom stereocenters. The predicted octanol–water partition coefficient (Wildman–Crippen LogP) is 3.32. The van der Waals surface area contributed by atoms with Gasteiger partial charge in [-0.25, -0.2) is 27.8 Å². The average Bonchev–Trinajstić information content (AvgIpc) is 3.38. The first-order valence-corrected chi connectivity index (χ1v) is 13.0. The summed E-state index contributed by atoms with van der Waals surface area (Å²) < 4.78 is 35.1. The summed E-state index contributed by atoms with van der Waals surface area (Å²) in [6.07, 6.45) is 1.33. The molecule has 1 aromatic heterocycles. The number of ketones is 1. The van der Waals surface area contributed by atoms with Crippen molar-refractivity contribution in [1.82, 2.24) is 9.78 Å². The van der Waals surface area contributed by atoms with Crippen molar-refractivity contribution in [3.8, 4) is 22.7 Å². The number of ether oxygens (including phenoxy) is 2. The molecule has 3 N–H and O–H groups in total. The van der Waals surface area contributed by atoms with E-state index in [4.69, 9.17) is 19.7 Å². The van der Waals surface area contributed by atoms with Crippen LogP contribution in [0.15, 0.2) is 83.9 Å². The number of Topliss-reactive ketones (excluding diaryl/α,β-unsaturated/α-hetero) is 1. The van der Waals surface area contributed by atoms with Crippen LogP contribution in [0.3, 0.4) is 0 Å². The first-order chi connectivity index (χ1) is 18.6. The zero-order valence-electron chi connectivity index (χ0n) is 20.6. The minimum atomic E-state index is -3.88. The van der Waals surface area contributed by atoms with Gasteiger partial charge in [0.05, 0.1) is 29.9 Å². The van der Waals surface area contributed by atoms with Gasteiger partial charge in [0.25, 0.3) is 0 Å². The molecular weight excluding hydrogens is 526 g/mol. The summed E-state index contributed by atoms with van der Waals surface area (Å²) in [5.74, 6) is -1.53. The molecule has 0 radical (unpaired) electrons. The number of nitrogens with two attached hydrogens (primary N) is 1. The van der Waals surface area contributed by atoms with Crippen LogP contribution in [0.25, 0.3) is 16.9 Å². The highest BCUT2D eigenvalue weighted by molar-refractivity contribution is 7.89. The lowest BCUT2D eigenvalue weighted by Crippen LogP contribution is -2.12. The molecule has 0 fully saturated rings. The van der Waals surface area contributed by atoms with Gasteiger partial charge in [-0.05, 0) is 60.7 Å². The lowest BCUT2D eigenvalue weighted by molar-refractivity contribution is 0.0496. The number of hydrogen-bond acceptors (Lipinski definition) is 8. The van der Waals surface area contributed by atoms with Crippen LogP contribution in [0.4, 0.5) is 0 Å². The monoisotopic (exact) mass is 549 g/mol. The number of carboxylic acids is 1. The molecular formula is C27H23N3O8S. The van der Waals surface area contributed by atoms with E-state index < -0.39 is 22.0 Å². The summed E-state index contributed by atoms with van der Waals surface area (Å²) in [5.41, 5.74) is 1.84. The van der Waals surface area contributed by atoms with Gasteiger partial charge in [-0.1, -0.05) is 12.1 Å². The fraction of sp³-hybridized carbons (Fsp3) is 0.111. The lowest BCUT2D eigenvalue weighted by atomic mass is 10.1. The Balaban J connectivity index is 1.55. The summed E-state index contributed by atoms with van der Waals surface area (Å²) in [6, 6.07) is 17.9. The molecule has 0 bridgehead atoms. The van der Waals surface area contributed by atoms with Crippen LogP contribution in [0.2, 0.25) is 0 Å². The van der Waals surface area contributed by atoms with Crippen LogP contribution in [0.1, 0.15) is 37.5 Å². The summed E-state index contributed by atoms with van der Waals surface area (Å²) in [4.78, 5) is 36.4. The number of aromatic carboxylic acids is 1. The molecule has 0 amide bonds. The third-order valence-electron chi connectivity index (χ3n) is 5.74. The van der Waals surface area contributed by atoms with E-state index in [1.807, 2.05) is 0 Å². The second-order valence-electron chi connectivity index (χ2n) is 8.29. The Kier molecular flexibility index (Phi) is 7.88. The Morgan fingerprint density at radius 2 is 1.54 bits per heavy atom. The van der Waals surface area contributed by atoms with Crippen molar-refractivity contribution in [3.05, 3.63) is 95.7 Å². The number of sulfonamides is 1. The maximum absolute atomic E-state index is 13.1. The van der Waals surface area contributed by atoms with Crippen molar-refractivity contribution in [2.75, 3.05) is 13.7 Å². The van der Waals surface area contributed by atoms with Crippen molar-refractivity contribution in [2.45, 2.75) is 11.3 Å². The number of rotatable bonds is 10. The van der Waals surface area contributed by atoms with E-state index in [1.54, 1.807) is 24.3 Å². The molecule has 11 nitrogen and oxygen atoms in total. The van der Waals surface area contributed by atoms with Gasteiger partial charge in [0.15, 0.2) is 5.78 Å². The number of primary sulfonamides is 1. The van der Waals surface area contributed by atoms with E-state index in [2.05, 4.69) is 5.10 Å². The molecule has 1 heterocycles. The molecule has 0 saturated carbocycles. The van der Waals surface area contributed by atoms with E-state index in [-0.39, 0.29) is 34.8 Å². The largest absolute Gasteiger partial charge is 0.497 e. The Labute approximate surface area is 223 Å². The highest BCUT2D eigenvalue weighted by atomic mass is 32.2. The number of methoxy groups -OCH3 is 1. The third kappa shape index (κ3) is 6.37. The molecule has 200 valence electrons. The number of esters is 1. The first kappa shape index (κ1) is 27.2. The Hall–Kier alpha value is -4.81. The molecule has 39 heavy (non-hydrogen) atoms. The number of carboxylic acid groups (broad SMARTS) is 1. The number of carbonyl (C=O) groups excluding carboxylic acids is 2. The fourth-order valence-corrected chi connectivity index (χ4v) is 4.18. The lowest BCUT2D eigenvalue weighted by Gasteiger charge is -2.06. The molecule has 0 saturated heterocycles. The molecule has 0 spiro atoms.